The summed E-state index contributed by atoms with van der Waals surface area (Å²) in [4.78, 5) is 0. The van der Waals surface area contributed by atoms with Crippen molar-refractivity contribution in [3.8, 4) is 0 Å². The van der Waals surface area contributed by atoms with Crippen molar-refractivity contribution in [3.05, 3.63) is 35.4 Å². The van der Waals surface area contributed by atoms with Gasteiger partial charge in [0.1, 0.15) is 0 Å². The van der Waals surface area contributed by atoms with Gasteiger partial charge in [0.2, 0.25) is 0 Å². The lowest BCUT2D eigenvalue weighted by atomic mass is 9.90. The van der Waals surface area contributed by atoms with E-state index >= 15 is 0 Å². The lowest BCUT2D eigenvalue weighted by Gasteiger charge is -2.27. The summed E-state index contributed by atoms with van der Waals surface area (Å²) in [6.07, 6.45) is 0.602. The van der Waals surface area contributed by atoms with Crippen molar-refractivity contribution >= 4 is 0 Å². The fourth-order valence-corrected chi connectivity index (χ4v) is 1.28. The van der Waals surface area contributed by atoms with Crippen molar-refractivity contribution in [1.29, 1.82) is 0 Å². The molecule has 0 radical (unpaired) electrons. The molecule has 0 aliphatic heterocycles. The molecule has 2 atom stereocenters. The van der Waals surface area contributed by atoms with Crippen LogP contribution in [-0.2, 0) is 6.42 Å². The minimum atomic E-state index is -0.824. The standard InChI is InChI=1S/C12H19NO/c1-9-4-6-11(7-5-9)8-12(3,14)10(2)13/h4-7,10,14H,8,13H2,1-3H3. The highest BCUT2D eigenvalue weighted by Gasteiger charge is 2.25. The summed E-state index contributed by atoms with van der Waals surface area (Å²) in [6, 6.07) is 7.95. The third-order valence-electron chi connectivity index (χ3n) is 2.66. The van der Waals surface area contributed by atoms with Gasteiger partial charge in [0, 0.05) is 12.5 Å². The molecule has 0 aliphatic rings. The Bertz CT molecular complexity index is 288. The average molecular weight is 193 g/mol. The number of aryl methyl sites for hydroxylation is 1. The fourth-order valence-electron chi connectivity index (χ4n) is 1.28. The number of rotatable bonds is 3. The van der Waals surface area contributed by atoms with E-state index in [4.69, 9.17) is 5.73 Å². The van der Waals surface area contributed by atoms with Crippen molar-refractivity contribution in [2.75, 3.05) is 0 Å². The SMILES string of the molecule is Cc1ccc(CC(C)(O)C(C)N)cc1. The molecule has 3 N–H and O–H groups in total. The summed E-state index contributed by atoms with van der Waals surface area (Å²) < 4.78 is 0. The zero-order valence-corrected chi connectivity index (χ0v) is 9.12. The Kier molecular flexibility index (Phi) is 3.29. The van der Waals surface area contributed by atoms with E-state index in [2.05, 4.69) is 0 Å². The molecule has 0 heterocycles. The molecule has 0 saturated heterocycles. The Morgan fingerprint density at radius 3 is 2.29 bits per heavy atom. The second-order valence-corrected chi connectivity index (χ2v) is 4.31. The van der Waals surface area contributed by atoms with Gasteiger partial charge in [-0.1, -0.05) is 29.8 Å². The molecule has 0 aliphatic carbocycles. The lowest BCUT2D eigenvalue weighted by Crippen LogP contribution is -2.45. The average Bonchev–Trinajstić information content (AvgIpc) is 2.08. The number of hydrogen-bond acceptors (Lipinski definition) is 2. The first-order valence-electron chi connectivity index (χ1n) is 4.95. The maximum absolute atomic E-state index is 9.99. The van der Waals surface area contributed by atoms with Crippen LogP contribution in [0.15, 0.2) is 24.3 Å². The molecule has 1 rings (SSSR count). The summed E-state index contributed by atoms with van der Waals surface area (Å²) in [7, 11) is 0. The van der Waals surface area contributed by atoms with E-state index in [1.807, 2.05) is 38.1 Å². The molecule has 0 saturated carbocycles. The normalized spacial score (nSPS) is 17.5. The molecular formula is C12H19NO. The van der Waals surface area contributed by atoms with Gasteiger partial charge in [-0.05, 0) is 26.3 Å². The summed E-state index contributed by atoms with van der Waals surface area (Å²) in [5.41, 5.74) is 7.23. The summed E-state index contributed by atoms with van der Waals surface area (Å²) in [6.45, 7) is 5.65. The third kappa shape index (κ3) is 2.82. The van der Waals surface area contributed by atoms with Crippen LogP contribution in [0.25, 0.3) is 0 Å². The van der Waals surface area contributed by atoms with Crippen molar-refractivity contribution in [3.63, 3.8) is 0 Å². The number of aliphatic hydroxyl groups is 1. The molecule has 1 aromatic carbocycles. The predicted octanol–water partition coefficient (Wildman–Crippen LogP) is 1.64. The quantitative estimate of drug-likeness (QED) is 0.766. The topological polar surface area (TPSA) is 46.2 Å². The summed E-state index contributed by atoms with van der Waals surface area (Å²) >= 11 is 0. The van der Waals surface area contributed by atoms with Gasteiger partial charge in [0.15, 0.2) is 0 Å². The molecule has 2 heteroatoms. The van der Waals surface area contributed by atoms with Crippen molar-refractivity contribution in [2.24, 2.45) is 5.73 Å². The Labute approximate surface area is 85.8 Å². The van der Waals surface area contributed by atoms with Crippen LogP contribution in [0.3, 0.4) is 0 Å². The summed E-state index contributed by atoms with van der Waals surface area (Å²) in [5.74, 6) is 0. The molecule has 0 aromatic heterocycles. The van der Waals surface area contributed by atoms with Crippen LogP contribution >= 0.6 is 0 Å². The van der Waals surface area contributed by atoms with Crippen molar-refractivity contribution in [2.45, 2.75) is 38.8 Å². The molecular weight excluding hydrogens is 174 g/mol. The molecule has 2 nitrogen and oxygen atoms in total. The Hall–Kier alpha value is -0.860. The molecule has 2 unspecified atom stereocenters. The number of hydrogen-bond donors (Lipinski definition) is 2. The van der Waals surface area contributed by atoms with Crippen LogP contribution in [0.2, 0.25) is 0 Å². The molecule has 0 bridgehead atoms. The Balaban J connectivity index is 2.74. The third-order valence-corrected chi connectivity index (χ3v) is 2.66. The number of benzene rings is 1. The van der Waals surface area contributed by atoms with Crippen molar-refractivity contribution in [1.82, 2.24) is 0 Å². The maximum Gasteiger partial charge on any atom is 0.0807 e. The molecule has 1 aromatic rings. The summed E-state index contributed by atoms with van der Waals surface area (Å²) in [5, 5.41) is 9.99. The molecule has 78 valence electrons. The van der Waals surface area contributed by atoms with Crippen LogP contribution in [0.5, 0.6) is 0 Å². The van der Waals surface area contributed by atoms with E-state index in [1.54, 1.807) is 6.92 Å². The van der Waals surface area contributed by atoms with E-state index in [1.165, 1.54) is 5.56 Å². The zero-order valence-electron chi connectivity index (χ0n) is 9.12. The first-order valence-corrected chi connectivity index (χ1v) is 4.95. The van der Waals surface area contributed by atoms with E-state index in [9.17, 15) is 5.11 Å². The highest BCUT2D eigenvalue weighted by molar-refractivity contribution is 5.22. The first kappa shape index (κ1) is 11.2. The van der Waals surface area contributed by atoms with Crippen LogP contribution in [-0.4, -0.2) is 16.7 Å². The highest BCUT2D eigenvalue weighted by Crippen LogP contribution is 2.16. The molecule has 0 amide bonds. The van der Waals surface area contributed by atoms with E-state index in [0.29, 0.717) is 6.42 Å². The van der Waals surface area contributed by atoms with Crippen molar-refractivity contribution < 1.29 is 5.11 Å². The van der Waals surface area contributed by atoms with Gasteiger partial charge < -0.3 is 10.8 Å². The molecule has 14 heavy (non-hydrogen) atoms. The van der Waals surface area contributed by atoms with Gasteiger partial charge in [-0.3, -0.25) is 0 Å². The maximum atomic E-state index is 9.99. The van der Waals surface area contributed by atoms with Crippen LogP contribution < -0.4 is 5.73 Å². The van der Waals surface area contributed by atoms with Gasteiger partial charge >= 0.3 is 0 Å². The Morgan fingerprint density at radius 2 is 1.86 bits per heavy atom. The Morgan fingerprint density at radius 1 is 1.36 bits per heavy atom. The number of nitrogens with two attached hydrogens (primary N) is 1. The second-order valence-electron chi connectivity index (χ2n) is 4.31. The van der Waals surface area contributed by atoms with E-state index < -0.39 is 5.60 Å². The van der Waals surface area contributed by atoms with Gasteiger partial charge in [0.25, 0.3) is 0 Å². The molecule has 0 spiro atoms. The predicted molar refractivity (Wildman–Crippen MR) is 59.2 cm³/mol. The zero-order chi connectivity index (χ0) is 10.8. The molecule has 0 fully saturated rings. The lowest BCUT2D eigenvalue weighted by molar-refractivity contribution is 0.0389. The van der Waals surface area contributed by atoms with E-state index in [-0.39, 0.29) is 6.04 Å². The smallest absolute Gasteiger partial charge is 0.0807 e. The van der Waals surface area contributed by atoms with Gasteiger partial charge in [0.05, 0.1) is 5.60 Å². The van der Waals surface area contributed by atoms with Crippen LogP contribution in [0.4, 0.5) is 0 Å². The fraction of sp³-hybridized carbons (Fsp3) is 0.500. The van der Waals surface area contributed by atoms with Crippen LogP contribution in [0.1, 0.15) is 25.0 Å². The van der Waals surface area contributed by atoms with Crippen LogP contribution in [0, 0.1) is 6.92 Å². The monoisotopic (exact) mass is 193 g/mol. The second kappa shape index (κ2) is 4.11. The van der Waals surface area contributed by atoms with Gasteiger partial charge in [-0.2, -0.15) is 0 Å². The van der Waals surface area contributed by atoms with Gasteiger partial charge in [-0.15, -0.1) is 0 Å². The van der Waals surface area contributed by atoms with E-state index in [0.717, 1.165) is 5.56 Å². The highest BCUT2D eigenvalue weighted by atomic mass is 16.3. The first-order chi connectivity index (χ1) is 6.42. The largest absolute Gasteiger partial charge is 0.388 e. The van der Waals surface area contributed by atoms with Gasteiger partial charge in [-0.25, -0.2) is 0 Å². The minimum Gasteiger partial charge on any atom is -0.388 e. The minimum absolute atomic E-state index is 0.219.